The topological polar surface area (TPSA) is 43.1 Å². The third kappa shape index (κ3) is 3.47. The molecule has 13 heavy (non-hydrogen) atoms. The van der Waals surface area contributed by atoms with Crippen molar-refractivity contribution < 1.29 is 4.79 Å². The Balaban J connectivity index is 4.44. The van der Waals surface area contributed by atoms with Gasteiger partial charge in [0.25, 0.3) is 0 Å². The zero-order valence-electron chi connectivity index (χ0n) is 9.72. The Hall–Kier alpha value is -0.370. The van der Waals surface area contributed by atoms with Gasteiger partial charge in [-0.05, 0) is 11.8 Å². The van der Waals surface area contributed by atoms with Gasteiger partial charge in [0, 0.05) is 5.41 Å². The predicted octanol–water partition coefficient (Wildman–Crippen LogP) is 2.22. The molecular weight excluding hydrogens is 162 g/mol. The molecule has 0 rings (SSSR count). The summed E-state index contributed by atoms with van der Waals surface area (Å²) in [6.45, 7) is 12.0. The molecule has 0 amide bonds. The first-order valence-electron chi connectivity index (χ1n) is 4.97. The average Bonchev–Trinajstić information content (AvgIpc) is 1.98. The fourth-order valence-electron chi connectivity index (χ4n) is 1.15. The van der Waals surface area contributed by atoms with Crippen LogP contribution in [0.2, 0.25) is 0 Å². The lowest BCUT2D eigenvalue weighted by Gasteiger charge is -2.28. The minimum absolute atomic E-state index is 0.161. The Bertz CT molecular complexity index is 179. The summed E-state index contributed by atoms with van der Waals surface area (Å²) in [6, 6.07) is -0.319. The molecular formula is C11H23NO. The molecule has 0 fully saturated rings. The standard InChI is InChI=1S/C11H23NO/c1-7(2)8(3)9(12)10(13)11(4,5)6/h7-9H,12H2,1-6H3/t8-,9-/m1/s1. The molecule has 0 saturated carbocycles. The van der Waals surface area contributed by atoms with Crippen molar-refractivity contribution in [2.75, 3.05) is 0 Å². The molecule has 0 aromatic carbocycles. The van der Waals surface area contributed by atoms with E-state index >= 15 is 0 Å². The lowest BCUT2D eigenvalue weighted by atomic mass is 9.79. The summed E-state index contributed by atoms with van der Waals surface area (Å²) >= 11 is 0. The van der Waals surface area contributed by atoms with Crippen LogP contribution < -0.4 is 5.73 Å². The van der Waals surface area contributed by atoms with Crippen LogP contribution in [0.5, 0.6) is 0 Å². The van der Waals surface area contributed by atoms with Gasteiger partial charge in [-0.1, -0.05) is 41.5 Å². The Kier molecular flexibility index (Phi) is 4.11. The maximum absolute atomic E-state index is 11.8. The minimum atomic E-state index is -0.319. The van der Waals surface area contributed by atoms with Crippen molar-refractivity contribution >= 4 is 5.78 Å². The number of nitrogens with two attached hydrogens (primary N) is 1. The van der Waals surface area contributed by atoms with Gasteiger partial charge in [0.1, 0.15) is 0 Å². The van der Waals surface area contributed by atoms with Crippen LogP contribution in [0.25, 0.3) is 0 Å². The van der Waals surface area contributed by atoms with Crippen molar-refractivity contribution in [1.29, 1.82) is 0 Å². The molecule has 2 N–H and O–H groups in total. The number of carbonyl (C=O) groups is 1. The first-order valence-corrected chi connectivity index (χ1v) is 4.97. The van der Waals surface area contributed by atoms with E-state index in [0.717, 1.165) is 0 Å². The van der Waals surface area contributed by atoms with Gasteiger partial charge in [-0.25, -0.2) is 0 Å². The van der Waals surface area contributed by atoms with Crippen LogP contribution in [0.3, 0.4) is 0 Å². The van der Waals surface area contributed by atoms with E-state index < -0.39 is 0 Å². The van der Waals surface area contributed by atoms with Gasteiger partial charge >= 0.3 is 0 Å². The molecule has 0 aliphatic rings. The Morgan fingerprint density at radius 3 is 1.77 bits per heavy atom. The van der Waals surface area contributed by atoms with Crippen molar-refractivity contribution in [2.24, 2.45) is 23.0 Å². The summed E-state index contributed by atoms with van der Waals surface area (Å²) in [5, 5.41) is 0. The number of Topliss-reactive ketones (excluding diaryl/α,β-unsaturated/α-hetero) is 1. The highest BCUT2D eigenvalue weighted by Gasteiger charge is 2.31. The van der Waals surface area contributed by atoms with E-state index in [1.165, 1.54) is 0 Å². The number of hydrogen-bond acceptors (Lipinski definition) is 2. The molecule has 0 unspecified atom stereocenters. The molecule has 0 bridgehead atoms. The van der Waals surface area contributed by atoms with Gasteiger partial charge in [-0.3, -0.25) is 4.79 Å². The summed E-state index contributed by atoms with van der Waals surface area (Å²) in [5.41, 5.74) is 5.58. The van der Waals surface area contributed by atoms with E-state index in [-0.39, 0.29) is 23.2 Å². The maximum atomic E-state index is 11.8. The van der Waals surface area contributed by atoms with Gasteiger partial charge < -0.3 is 5.73 Å². The predicted molar refractivity (Wildman–Crippen MR) is 56.4 cm³/mol. The summed E-state index contributed by atoms with van der Waals surface area (Å²) in [5.74, 6) is 0.877. The van der Waals surface area contributed by atoms with Gasteiger partial charge in [0.05, 0.1) is 6.04 Å². The Morgan fingerprint density at radius 2 is 1.54 bits per heavy atom. The number of hydrogen-bond donors (Lipinski definition) is 1. The van der Waals surface area contributed by atoms with Gasteiger partial charge in [-0.2, -0.15) is 0 Å². The zero-order valence-corrected chi connectivity index (χ0v) is 9.72. The third-order valence-corrected chi connectivity index (χ3v) is 2.66. The van der Waals surface area contributed by atoms with Crippen LogP contribution in [0.4, 0.5) is 0 Å². The lowest BCUT2D eigenvalue weighted by molar-refractivity contribution is -0.129. The molecule has 0 aliphatic heterocycles. The SMILES string of the molecule is CC(C)[C@@H](C)[C@@H](N)C(=O)C(C)(C)C. The Labute approximate surface area is 81.9 Å². The van der Waals surface area contributed by atoms with Crippen molar-refractivity contribution in [1.82, 2.24) is 0 Å². The lowest BCUT2D eigenvalue weighted by Crippen LogP contribution is -2.44. The molecule has 0 aromatic rings. The summed E-state index contributed by atoms with van der Waals surface area (Å²) in [7, 11) is 0. The number of carbonyl (C=O) groups excluding carboxylic acids is 1. The van der Waals surface area contributed by atoms with Gasteiger partial charge in [-0.15, -0.1) is 0 Å². The van der Waals surface area contributed by atoms with Crippen LogP contribution in [0.1, 0.15) is 41.5 Å². The van der Waals surface area contributed by atoms with Crippen molar-refractivity contribution in [2.45, 2.75) is 47.6 Å². The van der Waals surface area contributed by atoms with Crippen LogP contribution in [0, 0.1) is 17.3 Å². The second-order valence-corrected chi connectivity index (χ2v) is 5.24. The smallest absolute Gasteiger partial charge is 0.155 e. The molecule has 0 radical (unpaired) electrons. The molecule has 2 atom stereocenters. The first kappa shape index (κ1) is 12.6. The minimum Gasteiger partial charge on any atom is -0.321 e. The fraction of sp³-hybridized carbons (Fsp3) is 0.909. The van der Waals surface area contributed by atoms with E-state index in [9.17, 15) is 4.79 Å². The van der Waals surface area contributed by atoms with Gasteiger partial charge in [0.2, 0.25) is 0 Å². The van der Waals surface area contributed by atoms with Crippen LogP contribution in [0.15, 0.2) is 0 Å². The highest BCUT2D eigenvalue weighted by molar-refractivity contribution is 5.88. The van der Waals surface area contributed by atoms with Crippen molar-refractivity contribution in [3.05, 3.63) is 0 Å². The molecule has 78 valence electrons. The normalized spacial score (nSPS) is 17.2. The molecule has 0 spiro atoms. The van der Waals surface area contributed by atoms with E-state index in [2.05, 4.69) is 13.8 Å². The van der Waals surface area contributed by atoms with E-state index in [0.29, 0.717) is 5.92 Å². The van der Waals surface area contributed by atoms with Gasteiger partial charge in [0.15, 0.2) is 5.78 Å². The summed E-state index contributed by atoms with van der Waals surface area (Å²) in [4.78, 5) is 11.8. The van der Waals surface area contributed by atoms with Crippen LogP contribution in [-0.4, -0.2) is 11.8 Å². The molecule has 0 saturated heterocycles. The number of rotatable bonds is 3. The van der Waals surface area contributed by atoms with E-state index in [1.807, 2.05) is 27.7 Å². The second kappa shape index (κ2) is 4.23. The molecule has 0 aliphatic carbocycles. The number of ketones is 1. The van der Waals surface area contributed by atoms with Crippen LogP contribution >= 0.6 is 0 Å². The molecule has 0 heterocycles. The first-order chi connectivity index (χ1) is 5.68. The monoisotopic (exact) mass is 185 g/mol. The van der Waals surface area contributed by atoms with Crippen molar-refractivity contribution in [3.63, 3.8) is 0 Å². The third-order valence-electron chi connectivity index (χ3n) is 2.66. The molecule has 0 aromatic heterocycles. The summed E-state index contributed by atoms with van der Waals surface area (Å²) < 4.78 is 0. The highest BCUT2D eigenvalue weighted by atomic mass is 16.1. The molecule has 2 nitrogen and oxygen atoms in total. The Morgan fingerprint density at radius 1 is 1.15 bits per heavy atom. The maximum Gasteiger partial charge on any atom is 0.155 e. The summed E-state index contributed by atoms with van der Waals surface area (Å²) in [6.07, 6.45) is 0. The zero-order chi connectivity index (χ0) is 10.8. The van der Waals surface area contributed by atoms with Crippen LogP contribution in [-0.2, 0) is 4.79 Å². The second-order valence-electron chi connectivity index (χ2n) is 5.24. The fourth-order valence-corrected chi connectivity index (χ4v) is 1.15. The van der Waals surface area contributed by atoms with Crippen molar-refractivity contribution in [3.8, 4) is 0 Å². The molecule has 2 heteroatoms. The largest absolute Gasteiger partial charge is 0.321 e. The highest BCUT2D eigenvalue weighted by Crippen LogP contribution is 2.22. The van der Waals surface area contributed by atoms with E-state index in [1.54, 1.807) is 0 Å². The van der Waals surface area contributed by atoms with E-state index in [4.69, 9.17) is 5.73 Å². The average molecular weight is 185 g/mol. The quantitative estimate of drug-likeness (QED) is 0.732.